The minimum absolute atomic E-state index is 0.178. The Morgan fingerprint density at radius 3 is 2.61 bits per heavy atom. The predicted octanol–water partition coefficient (Wildman–Crippen LogP) is 3.77. The third-order valence-electron chi connectivity index (χ3n) is 5.33. The van der Waals surface area contributed by atoms with Crippen LogP contribution in [-0.4, -0.2) is 26.1 Å². The lowest BCUT2D eigenvalue weighted by Gasteiger charge is -2.26. The first kappa shape index (κ1) is 19.2. The van der Waals surface area contributed by atoms with E-state index in [0.29, 0.717) is 19.1 Å². The van der Waals surface area contributed by atoms with Crippen LogP contribution < -0.4 is 14.5 Å². The van der Waals surface area contributed by atoms with Crippen molar-refractivity contribution in [1.82, 2.24) is 0 Å². The Hall–Kier alpha value is -2.15. The van der Waals surface area contributed by atoms with Crippen LogP contribution in [0.15, 0.2) is 59.3 Å². The second-order valence-corrected chi connectivity index (χ2v) is 9.06. The number of methoxy groups -OCH3 is 1. The number of thiophene rings is 2. The zero-order chi connectivity index (χ0) is 19.3. The number of amides is 1. The summed E-state index contributed by atoms with van der Waals surface area (Å²) in [5, 5.41) is 4.19. The van der Waals surface area contributed by atoms with Crippen LogP contribution in [0, 0.1) is 0 Å². The highest BCUT2D eigenvalue weighted by Gasteiger charge is 2.33. The molecule has 4 rings (SSSR count). The summed E-state index contributed by atoms with van der Waals surface area (Å²) in [5.74, 6) is 0.979. The number of nitrogens with one attached hydrogen (secondary N) is 1. The highest BCUT2D eigenvalue weighted by Crippen LogP contribution is 2.25. The molecule has 0 bridgehead atoms. The lowest BCUT2D eigenvalue weighted by atomic mass is 10.2. The lowest BCUT2D eigenvalue weighted by Crippen LogP contribution is -3.11. The third kappa shape index (κ3) is 4.29. The van der Waals surface area contributed by atoms with Gasteiger partial charge in [0.05, 0.1) is 25.1 Å². The number of likely N-dealkylation sites (tertiary alicyclic amines) is 1. The second-order valence-electron chi connectivity index (χ2n) is 7.05. The molecular weight excluding hydrogens is 388 g/mol. The highest BCUT2D eigenvalue weighted by molar-refractivity contribution is 7.10. The van der Waals surface area contributed by atoms with E-state index in [1.807, 2.05) is 35.2 Å². The van der Waals surface area contributed by atoms with Crippen LogP contribution in [0.25, 0.3) is 0 Å². The molecule has 1 aromatic carbocycles. The molecule has 2 aromatic heterocycles. The number of hydrogen-bond acceptors (Lipinski definition) is 4. The van der Waals surface area contributed by atoms with Crippen molar-refractivity contribution in [2.45, 2.75) is 25.4 Å². The van der Waals surface area contributed by atoms with Crippen molar-refractivity contribution in [1.29, 1.82) is 0 Å². The first-order valence-electron chi connectivity index (χ1n) is 9.59. The average molecular weight is 414 g/mol. The summed E-state index contributed by atoms with van der Waals surface area (Å²) in [6.07, 6.45) is 2.34. The molecule has 1 amide bonds. The quantitative estimate of drug-likeness (QED) is 0.640. The number of benzene rings is 1. The van der Waals surface area contributed by atoms with Crippen LogP contribution in [0.2, 0.25) is 0 Å². The molecule has 1 aliphatic rings. The van der Waals surface area contributed by atoms with Gasteiger partial charge in [-0.05, 0) is 47.2 Å². The number of quaternary nitrogens is 1. The van der Waals surface area contributed by atoms with Crippen LogP contribution in [0.5, 0.6) is 5.75 Å². The monoisotopic (exact) mass is 413 g/mol. The molecule has 28 heavy (non-hydrogen) atoms. The molecule has 1 aliphatic heterocycles. The van der Waals surface area contributed by atoms with E-state index >= 15 is 0 Å². The molecule has 1 unspecified atom stereocenters. The van der Waals surface area contributed by atoms with Crippen LogP contribution in [0.4, 0.5) is 5.69 Å². The van der Waals surface area contributed by atoms with Crippen molar-refractivity contribution >= 4 is 34.3 Å². The maximum Gasteiger partial charge on any atom is 0.282 e. The summed E-state index contributed by atoms with van der Waals surface area (Å²) in [7, 11) is 1.66. The van der Waals surface area contributed by atoms with Crippen LogP contribution in [0.1, 0.15) is 28.6 Å². The van der Waals surface area contributed by atoms with E-state index < -0.39 is 0 Å². The van der Waals surface area contributed by atoms with Gasteiger partial charge in [-0.25, -0.2) is 0 Å². The van der Waals surface area contributed by atoms with Gasteiger partial charge in [0.15, 0.2) is 6.54 Å². The van der Waals surface area contributed by atoms with E-state index in [1.54, 1.807) is 29.8 Å². The average Bonchev–Trinajstić information content (AvgIpc) is 3.48. The Morgan fingerprint density at radius 1 is 1.14 bits per heavy atom. The molecule has 0 spiro atoms. The van der Waals surface area contributed by atoms with Crippen LogP contribution >= 0.6 is 22.7 Å². The summed E-state index contributed by atoms with van der Waals surface area (Å²) in [6.45, 7) is 2.20. The Balaban J connectivity index is 1.53. The van der Waals surface area contributed by atoms with Gasteiger partial charge in [0.1, 0.15) is 11.8 Å². The van der Waals surface area contributed by atoms with Gasteiger partial charge in [-0.3, -0.25) is 4.79 Å². The Morgan fingerprint density at radius 2 is 1.93 bits per heavy atom. The van der Waals surface area contributed by atoms with Crippen molar-refractivity contribution in [2.24, 2.45) is 0 Å². The molecule has 3 aromatic rings. The van der Waals surface area contributed by atoms with Gasteiger partial charge in [0.25, 0.3) is 5.91 Å². The van der Waals surface area contributed by atoms with Gasteiger partial charge in [-0.1, -0.05) is 12.1 Å². The normalized spacial score (nSPS) is 18.9. The molecule has 0 saturated carbocycles. The standard InChI is InChI=1S/C22H24N2O2S2/c1-26-18-10-8-17(9-11-18)24(15-19-5-3-13-27-19)22(25)16-23-12-2-6-20(23)21-7-4-14-28-21/h3-5,7-11,13-14,20H,2,6,12,15-16H2,1H3/p+1/t20-/m1/s1. The van der Waals surface area contributed by atoms with Gasteiger partial charge < -0.3 is 14.5 Å². The zero-order valence-corrected chi connectivity index (χ0v) is 17.6. The fourth-order valence-electron chi connectivity index (χ4n) is 3.89. The summed E-state index contributed by atoms with van der Waals surface area (Å²) >= 11 is 3.49. The van der Waals surface area contributed by atoms with Crippen LogP contribution in [-0.2, 0) is 11.3 Å². The predicted molar refractivity (Wildman–Crippen MR) is 115 cm³/mol. The van der Waals surface area contributed by atoms with E-state index in [-0.39, 0.29) is 5.91 Å². The molecule has 3 heterocycles. The van der Waals surface area contributed by atoms with E-state index in [2.05, 4.69) is 29.0 Å². The van der Waals surface area contributed by atoms with Crippen LogP contribution in [0.3, 0.4) is 0 Å². The fraction of sp³-hybridized carbons (Fsp3) is 0.318. The molecular formula is C22H25N2O2S2+. The Kier molecular flexibility index (Phi) is 6.10. The minimum atomic E-state index is 0.178. The molecule has 1 N–H and O–H groups in total. The highest BCUT2D eigenvalue weighted by atomic mass is 32.1. The summed E-state index contributed by atoms with van der Waals surface area (Å²) in [4.78, 5) is 19.3. The molecule has 0 radical (unpaired) electrons. The molecule has 0 aliphatic carbocycles. The maximum atomic E-state index is 13.4. The zero-order valence-electron chi connectivity index (χ0n) is 16.0. The van der Waals surface area contributed by atoms with Gasteiger partial charge in [0, 0.05) is 23.4 Å². The third-order valence-corrected chi connectivity index (χ3v) is 7.17. The van der Waals surface area contributed by atoms with Gasteiger partial charge in [-0.2, -0.15) is 0 Å². The Labute approximate surface area is 174 Å². The van der Waals surface area contributed by atoms with Crippen molar-refractivity contribution in [3.8, 4) is 5.75 Å². The number of ether oxygens (including phenoxy) is 1. The molecule has 4 nitrogen and oxygen atoms in total. The summed E-state index contributed by atoms with van der Waals surface area (Å²) in [6, 6.07) is 16.7. The number of rotatable bonds is 7. The summed E-state index contributed by atoms with van der Waals surface area (Å²) < 4.78 is 5.27. The van der Waals surface area contributed by atoms with Gasteiger partial charge in [-0.15, -0.1) is 22.7 Å². The van der Waals surface area contributed by atoms with Crippen molar-refractivity contribution in [2.75, 3.05) is 25.1 Å². The number of nitrogens with zero attached hydrogens (tertiary/aromatic N) is 1. The van der Waals surface area contributed by atoms with E-state index in [9.17, 15) is 4.79 Å². The first-order chi connectivity index (χ1) is 13.7. The van der Waals surface area contributed by atoms with E-state index in [1.165, 1.54) is 21.1 Å². The van der Waals surface area contributed by atoms with Crippen molar-refractivity contribution < 1.29 is 14.4 Å². The fourth-order valence-corrected chi connectivity index (χ4v) is 5.50. The molecule has 1 saturated heterocycles. The smallest absolute Gasteiger partial charge is 0.282 e. The molecule has 146 valence electrons. The van der Waals surface area contributed by atoms with Gasteiger partial charge >= 0.3 is 0 Å². The number of anilines is 1. The number of carbonyl (C=O) groups is 1. The largest absolute Gasteiger partial charge is 0.497 e. The Bertz CT molecular complexity index is 876. The van der Waals surface area contributed by atoms with E-state index in [0.717, 1.165) is 24.4 Å². The minimum Gasteiger partial charge on any atom is -0.497 e. The van der Waals surface area contributed by atoms with Crippen molar-refractivity contribution in [3.05, 3.63) is 69.0 Å². The first-order valence-corrected chi connectivity index (χ1v) is 11.4. The summed E-state index contributed by atoms with van der Waals surface area (Å²) in [5.41, 5.74) is 0.922. The van der Waals surface area contributed by atoms with Crippen molar-refractivity contribution in [3.63, 3.8) is 0 Å². The number of carbonyl (C=O) groups excluding carboxylic acids is 1. The maximum absolute atomic E-state index is 13.4. The van der Waals surface area contributed by atoms with E-state index in [4.69, 9.17) is 4.74 Å². The lowest BCUT2D eigenvalue weighted by molar-refractivity contribution is -0.910. The molecule has 6 heteroatoms. The van der Waals surface area contributed by atoms with Gasteiger partial charge in [0.2, 0.25) is 0 Å². The topological polar surface area (TPSA) is 34.0 Å². The SMILES string of the molecule is COc1ccc(N(Cc2cccs2)C(=O)C[NH+]2CCC[C@@H]2c2cccs2)cc1. The second kappa shape index (κ2) is 8.90. The number of hydrogen-bond donors (Lipinski definition) is 1. The molecule has 2 atom stereocenters. The molecule has 1 fully saturated rings.